The number of allylic oxidation sites excluding steroid dienone is 2. The minimum Gasteiger partial charge on any atom is -0.286 e. The van der Waals surface area contributed by atoms with Crippen LogP contribution < -0.4 is 0 Å². The normalized spacial score (nSPS) is 21.9. The van der Waals surface area contributed by atoms with E-state index in [0.717, 1.165) is 0 Å². The summed E-state index contributed by atoms with van der Waals surface area (Å²) in [5.41, 5.74) is 2.55. The summed E-state index contributed by atoms with van der Waals surface area (Å²) >= 11 is 0. The summed E-state index contributed by atoms with van der Waals surface area (Å²) in [4.78, 5) is 4.70. The minimum atomic E-state index is 0.625. The molecule has 0 spiro atoms. The zero-order valence-corrected chi connectivity index (χ0v) is 8.43. The Labute approximate surface area is 75.6 Å². The van der Waals surface area contributed by atoms with Gasteiger partial charge in [-0.25, -0.2) is 0 Å². The van der Waals surface area contributed by atoms with Gasteiger partial charge in [0.1, 0.15) is 0 Å². The van der Waals surface area contributed by atoms with Gasteiger partial charge in [0, 0.05) is 5.71 Å². The highest BCUT2D eigenvalue weighted by atomic mass is 14.8. The molecule has 0 aromatic carbocycles. The van der Waals surface area contributed by atoms with Crippen LogP contribution in [0.3, 0.4) is 0 Å². The number of aliphatic imine (C=N–C) groups is 1. The van der Waals surface area contributed by atoms with Gasteiger partial charge in [0.2, 0.25) is 0 Å². The highest BCUT2D eigenvalue weighted by molar-refractivity contribution is 5.97. The van der Waals surface area contributed by atoms with Crippen molar-refractivity contribution in [1.29, 1.82) is 0 Å². The Balaban J connectivity index is 2.54. The molecular weight excluding hydrogens is 146 g/mol. The van der Waals surface area contributed by atoms with Crippen molar-refractivity contribution in [3.63, 3.8) is 0 Å². The molecule has 0 unspecified atom stereocenters. The molecule has 0 aliphatic heterocycles. The molecule has 0 radical (unpaired) electrons. The standard InChI is InChI=1S/C11H19N/c1-4-9(2)10(3)12-11-7-5-6-8-11/h4,11H,5-8H2,1-3H3/b9-4-,12-10?. The molecule has 0 bridgehead atoms. The van der Waals surface area contributed by atoms with Gasteiger partial charge in [-0.15, -0.1) is 0 Å². The van der Waals surface area contributed by atoms with Crippen LogP contribution in [0.25, 0.3) is 0 Å². The molecule has 0 aromatic rings. The Hall–Kier alpha value is -0.590. The molecule has 0 saturated heterocycles. The van der Waals surface area contributed by atoms with Crippen molar-refractivity contribution < 1.29 is 0 Å². The second kappa shape index (κ2) is 4.44. The Kier molecular flexibility index (Phi) is 3.51. The van der Waals surface area contributed by atoms with Crippen LogP contribution in [0.4, 0.5) is 0 Å². The molecule has 68 valence electrons. The van der Waals surface area contributed by atoms with Crippen molar-refractivity contribution >= 4 is 5.71 Å². The van der Waals surface area contributed by atoms with Crippen molar-refractivity contribution in [3.8, 4) is 0 Å². The molecule has 1 aliphatic rings. The summed E-state index contributed by atoms with van der Waals surface area (Å²) in [5, 5.41) is 0. The summed E-state index contributed by atoms with van der Waals surface area (Å²) < 4.78 is 0. The zero-order valence-electron chi connectivity index (χ0n) is 8.43. The van der Waals surface area contributed by atoms with Gasteiger partial charge in [-0.3, -0.25) is 4.99 Å². The Morgan fingerprint density at radius 2 is 1.83 bits per heavy atom. The summed E-state index contributed by atoms with van der Waals surface area (Å²) in [5.74, 6) is 0. The first-order chi connectivity index (χ1) is 5.74. The quantitative estimate of drug-likeness (QED) is 0.556. The molecule has 12 heavy (non-hydrogen) atoms. The van der Waals surface area contributed by atoms with Crippen molar-refractivity contribution in [2.75, 3.05) is 0 Å². The van der Waals surface area contributed by atoms with E-state index in [2.05, 4.69) is 26.8 Å². The van der Waals surface area contributed by atoms with Gasteiger partial charge >= 0.3 is 0 Å². The molecule has 0 heterocycles. The van der Waals surface area contributed by atoms with Crippen LogP contribution in [0.15, 0.2) is 16.6 Å². The van der Waals surface area contributed by atoms with E-state index in [1.54, 1.807) is 0 Å². The first-order valence-corrected chi connectivity index (χ1v) is 4.91. The van der Waals surface area contributed by atoms with Crippen molar-refractivity contribution in [2.24, 2.45) is 4.99 Å². The SMILES string of the molecule is C/C=C(/C)C(C)=NC1CCCC1. The molecular formula is C11H19N. The lowest BCUT2D eigenvalue weighted by Crippen LogP contribution is -2.02. The average molecular weight is 165 g/mol. The fraction of sp³-hybridized carbons (Fsp3) is 0.727. The lowest BCUT2D eigenvalue weighted by Gasteiger charge is -2.05. The fourth-order valence-electron chi connectivity index (χ4n) is 1.62. The highest BCUT2D eigenvalue weighted by Crippen LogP contribution is 2.21. The molecule has 1 saturated carbocycles. The van der Waals surface area contributed by atoms with Gasteiger partial charge in [-0.05, 0) is 39.2 Å². The second-order valence-corrected chi connectivity index (χ2v) is 3.62. The molecule has 1 heteroatoms. The van der Waals surface area contributed by atoms with Gasteiger partial charge < -0.3 is 0 Å². The monoisotopic (exact) mass is 165 g/mol. The molecule has 0 aromatic heterocycles. The molecule has 0 atom stereocenters. The van der Waals surface area contributed by atoms with Crippen molar-refractivity contribution in [3.05, 3.63) is 11.6 Å². The largest absolute Gasteiger partial charge is 0.286 e. The summed E-state index contributed by atoms with van der Waals surface area (Å²) in [6.45, 7) is 6.32. The molecule has 0 N–H and O–H groups in total. The summed E-state index contributed by atoms with van der Waals surface area (Å²) in [6, 6.07) is 0.625. The number of nitrogens with zero attached hydrogens (tertiary/aromatic N) is 1. The van der Waals surface area contributed by atoms with Gasteiger partial charge in [0.15, 0.2) is 0 Å². The molecule has 1 aliphatic carbocycles. The van der Waals surface area contributed by atoms with Gasteiger partial charge in [-0.1, -0.05) is 18.9 Å². The minimum absolute atomic E-state index is 0.625. The van der Waals surface area contributed by atoms with Crippen LogP contribution >= 0.6 is 0 Å². The predicted molar refractivity (Wildman–Crippen MR) is 54.8 cm³/mol. The highest BCUT2D eigenvalue weighted by Gasteiger charge is 2.13. The lowest BCUT2D eigenvalue weighted by atomic mass is 10.2. The third kappa shape index (κ3) is 2.47. The first kappa shape index (κ1) is 9.50. The van der Waals surface area contributed by atoms with Gasteiger partial charge in [0.25, 0.3) is 0 Å². The van der Waals surface area contributed by atoms with E-state index in [0.29, 0.717) is 6.04 Å². The Morgan fingerprint density at radius 1 is 1.25 bits per heavy atom. The summed E-state index contributed by atoms with van der Waals surface area (Å²) in [6.07, 6.45) is 7.48. The van der Waals surface area contributed by atoms with E-state index >= 15 is 0 Å². The summed E-state index contributed by atoms with van der Waals surface area (Å²) in [7, 11) is 0. The number of rotatable bonds is 2. The maximum Gasteiger partial charge on any atom is 0.0502 e. The van der Waals surface area contributed by atoms with Gasteiger partial charge in [0.05, 0.1) is 6.04 Å². The maximum atomic E-state index is 4.70. The van der Waals surface area contributed by atoms with Crippen LogP contribution in [0.5, 0.6) is 0 Å². The van der Waals surface area contributed by atoms with Crippen LogP contribution in [0.1, 0.15) is 46.5 Å². The van der Waals surface area contributed by atoms with E-state index in [1.807, 2.05) is 0 Å². The van der Waals surface area contributed by atoms with E-state index < -0.39 is 0 Å². The van der Waals surface area contributed by atoms with E-state index in [4.69, 9.17) is 4.99 Å². The topological polar surface area (TPSA) is 12.4 Å². The van der Waals surface area contributed by atoms with Crippen LogP contribution in [0, 0.1) is 0 Å². The van der Waals surface area contributed by atoms with E-state index in [1.165, 1.54) is 37.0 Å². The van der Waals surface area contributed by atoms with Crippen molar-refractivity contribution in [1.82, 2.24) is 0 Å². The fourth-order valence-corrected chi connectivity index (χ4v) is 1.62. The maximum absolute atomic E-state index is 4.70. The molecule has 1 fully saturated rings. The number of hydrogen-bond acceptors (Lipinski definition) is 1. The molecule has 0 amide bonds. The third-order valence-electron chi connectivity index (χ3n) is 2.70. The van der Waals surface area contributed by atoms with Crippen molar-refractivity contribution in [2.45, 2.75) is 52.5 Å². The predicted octanol–water partition coefficient (Wildman–Crippen LogP) is 3.36. The van der Waals surface area contributed by atoms with E-state index in [9.17, 15) is 0 Å². The Morgan fingerprint density at radius 3 is 2.33 bits per heavy atom. The first-order valence-electron chi connectivity index (χ1n) is 4.91. The Bertz CT molecular complexity index is 195. The third-order valence-corrected chi connectivity index (χ3v) is 2.70. The number of hydrogen-bond donors (Lipinski definition) is 0. The van der Waals surface area contributed by atoms with Crippen LogP contribution in [0.2, 0.25) is 0 Å². The molecule has 1 nitrogen and oxygen atoms in total. The zero-order chi connectivity index (χ0) is 8.97. The van der Waals surface area contributed by atoms with Crippen LogP contribution in [-0.4, -0.2) is 11.8 Å². The smallest absolute Gasteiger partial charge is 0.0502 e. The molecule has 1 rings (SSSR count). The van der Waals surface area contributed by atoms with Gasteiger partial charge in [-0.2, -0.15) is 0 Å². The average Bonchev–Trinajstić information content (AvgIpc) is 2.55. The van der Waals surface area contributed by atoms with E-state index in [-0.39, 0.29) is 0 Å². The lowest BCUT2D eigenvalue weighted by molar-refractivity contribution is 0.706. The second-order valence-electron chi connectivity index (χ2n) is 3.62. The van der Waals surface area contributed by atoms with Crippen LogP contribution in [-0.2, 0) is 0 Å².